The first-order chi connectivity index (χ1) is 9.79. The molecule has 114 valence electrons. The number of amides is 1. The molecule has 2 rings (SSSR count). The Morgan fingerprint density at radius 1 is 1.38 bits per heavy atom. The summed E-state index contributed by atoms with van der Waals surface area (Å²) in [6.45, 7) is 0.814. The Hall–Kier alpha value is -2.25. The quantitative estimate of drug-likeness (QED) is 0.929. The maximum atomic E-state index is 12.4. The van der Waals surface area contributed by atoms with Crippen LogP contribution >= 0.6 is 0 Å². The summed E-state index contributed by atoms with van der Waals surface area (Å²) in [6, 6.07) is 4.73. The highest BCUT2D eigenvalue weighted by Crippen LogP contribution is 2.27. The number of benzene rings is 1. The highest BCUT2D eigenvalue weighted by molar-refractivity contribution is 6.05. The molecule has 5 nitrogen and oxygen atoms in total. The van der Waals surface area contributed by atoms with Crippen molar-refractivity contribution in [2.75, 3.05) is 37.5 Å². The van der Waals surface area contributed by atoms with Crippen molar-refractivity contribution in [3.63, 3.8) is 0 Å². The van der Waals surface area contributed by atoms with Gasteiger partial charge in [0.05, 0.1) is 17.8 Å². The topological polar surface area (TPSA) is 53.9 Å². The molecule has 0 saturated heterocycles. The Morgan fingerprint density at radius 3 is 2.62 bits per heavy atom. The predicted molar refractivity (Wildman–Crippen MR) is 72.8 cm³/mol. The van der Waals surface area contributed by atoms with Gasteiger partial charge in [-0.3, -0.25) is 4.79 Å². The third kappa shape index (κ3) is 3.45. The summed E-state index contributed by atoms with van der Waals surface area (Å²) in [4.78, 5) is 16.9. The lowest BCUT2D eigenvalue weighted by Crippen LogP contribution is -2.30. The number of nitrogens with zero attached hydrogens (tertiary/aromatic N) is 2. The van der Waals surface area contributed by atoms with Crippen molar-refractivity contribution < 1.29 is 22.7 Å². The lowest BCUT2D eigenvalue weighted by atomic mass is 10.1. The molecule has 1 aliphatic rings. The molecule has 1 heterocycles. The molecule has 8 heteroatoms. The molecule has 0 aliphatic carbocycles. The fourth-order valence-corrected chi connectivity index (χ4v) is 1.79. The smallest absolute Gasteiger partial charge is 0.471 e. The maximum Gasteiger partial charge on any atom is 0.471 e. The predicted octanol–water partition coefficient (Wildman–Crippen LogP) is 2.03. The molecular weight excluding hydrogens is 287 g/mol. The second kappa shape index (κ2) is 5.63. The number of ether oxygens (including phenoxy) is 1. The SMILES string of the molecule is CN(C)c1ccc(C2=NCCO2)c(NC(=O)C(F)(F)F)c1. The van der Waals surface area contributed by atoms with E-state index in [4.69, 9.17) is 4.74 Å². The molecular formula is C13H14F3N3O2. The second-order valence-corrected chi connectivity index (χ2v) is 4.61. The zero-order valence-corrected chi connectivity index (χ0v) is 11.5. The van der Waals surface area contributed by atoms with Crippen molar-refractivity contribution in [1.82, 2.24) is 0 Å². The van der Waals surface area contributed by atoms with Crippen LogP contribution in [0.25, 0.3) is 0 Å². The Bertz CT molecular complexity index is 583. The maximum absolute atomic E-state index is 12.4. The first-order valence-corrected chi connectivity index (χ1v) is 6.16. The van der Waals surface area contributed by atoms with Gasteiger partial charge in [-0.1, -0.05) is 0 Å². The Balaban J connectivity index is 2.39. The van der Waals surface area contributed by atoms with Gasteiger partial charge in [-0.15, -0.1) is 0 Å². The van der Waals surface area contributed by atoms with Crippen LogP contribution in [0.4, 0.5) is 24.5 Å². The van der Waals surface area contributed by atoms with E-state index < -0.39 is 12.1 Å². The van der Waals surface area contributed by atoms with Gasteiger partial charge >= 0.3 is 12.1 Å². The van der Waals surface area contributed by atoms with Crippen LogP contribution in [0.3, 0.4) is 0 Å². The third-order valence-electron chi connectivity index (χ3n) is 2.84. The Morgan fingerprint density at radius 2 is 2.10 bits per heavy atom. The molecule has 0 unspecified atom stereocenters. The summed E-state index contributed by atoms with van der Waals surface area (Å²) in [7, 11) is 3.49. The van der Waals surface area contributed by atoms with Crippen LogP contribution in [0.5, 0.6) is 0 Å². The van der Waals surface area contributed by atoms with Crippen LogP contribution in [0, 0.1) is 0 Å². The van der Waals surface area contributed by atoms with Crippen molar-refractivity contribution in [2.24, 2.45) is 4.99 Å². The van der Waals surface area contributed by atoms with E-state index in [-0.39, 0.29) is 11.6 Å². The van der Waals surface area contributed by atoms with Crippen LogP contribution in [0.2, 0.25) is 0 Å². The van der Waals surface area contributed by atoms with Gasteiger partial charge in [-0.25, -0.2) is 4.99 Å². The van der Waals surface area contributed by atoms with Gasteiger partial charge in [0.15, 0.2) is 0 Å². The number of nitrogens with one attached hydrogen (secondary N) is 1. The minimum atomic E-state index is -4.95. The van der Waals surface area contributed by atoms with Crippen LogP contribution in [-0.4, -0.2) is 45.2 Å². The summed E-state index contributed by atoms with van der Waals surface area (Å²) >= 11 is 0. The van der Waals surface area contributed by atoms with E-state index in [0.717, 1.165) is 0 Å². The number of rotatable bonds is 3. The minimum absolute atomic E-state index is 0.0178. The largest absolute Gasteiger partial charge is 0.475 e. The second-order valence-electron chi connectivity index (χ2n) is 4.61. The summed E-state index contributed by atoms with van der Waals surface area (Å²) in [5.74, 6) is -1.80. The molecule has 21 heavy (non-hydrogen) atoms. The molecule has 1 aliphatic heterocycles. The molecule has 0 radical (unpaired) electrons. The van der Waals surface area contributed by atoms with Gasteiger partial charge in [-0.2, -0.15) is 13.2 Å². The molecule has 0 bridgehead atoms. The zero-order valence-electron chi connectivity index (χ0n) is 11.5. The highest BCUT2D eigenvalue weighted by atomic mass is 19.4. The van der Waals surface area contributed by atoms with Crippen molar-refractivity contribution >= 4 is 23.2 Å². The van der Waals surface area contributed by atoms with E-state index in [9.17, 15) is 18.0 Å². The molecule has 1 N–H and O–H groups in total. The lowest BCUT2D eigenvalue weighted by Gasteiger charge is -2.17. The van der Waals surface area contributed by atoms with Crippen LogP contribution in [-0.2, 0) is 9.53 Å². The molecule has 1 aromatic rings. The first kappa shape index (κ1) is 15.1. The van der Waals surface area contributed by atoms with Gasteiger partial charge in [0, 0.05) is 19.8 Å². The molecule has 1 aromatic carbocycles. The van der Waals surface area contributed by atoms with E-state index >= 15 is 0 Å². The normalized spacial score (nSPS) is 14.4. The fourth-order valence-electron chi connectivity index (χ4n) is 1.79. The number of anilines is 2. The highest BCUT2D eigenvalue weighted by Gasteiger charge is 2.39. The summed E-state index contributed by atoms with van der Waals surface area (Å²) in [6.07, 6.45) is -4.95. The summed E-state index contributed by atoms with van der Waals surface area (Å²) < 4.78 is 42.5. The number of alkyl halides is 3. The van der Waals surface area contributed by atoms with Crippen molar-refractivity contribution in [3.8, 4) is 0 Å². The van der Waals surface area contributed by atoms with E-state index in [0.29, 0.717) is 24.4 Å². The van der Waals surface area contributed by atoms with E-state index in [1.807, 2.05) is 5.32 Å². The molecule has 0 spiro atoms. The minimum Gasteiger partial charge on any atom is -0.475 e. The van der Waals surface area contributed by atoms with Gasteiger partial charge in [0.1, 0.15) is 6.61 Å². The first-order valence-electron chi connectivity index (χ1n) is 6.16. The molecule has 0 saturated carbocycles. The number of aliphatic imine (C=N–C) groups is 1. The van der Waals surface area contributed by atoms with Gasteiger partial charge in [-0.05, 0) is 18.2 Å². The molecule has 0 atom stereocenters. The average molecular weight is 301 g/mol. The van der Waals surface area contributed by atoms with Gasteiger partial charge in [0.2, 0.25) is 5.90 Å². The van der Waals surface area contributed by atoms with Crippen molar-refractivity contribution in [1.29, 1.82) is 0 Å². The number of carbonyl (C=O) groups is 1. The third-order valence-corrected chi connectivity index (χ3v) is 2.84. The Labute approximate surface area is 119 Å². The summed E-state index contributed by atoms with van der Waals surface area (Å²) in [5.41, 5.74) is 0.995. The molecule has 0 fully saturated rings. The standard InChI is InChI=1S/C13H14F3N3O2/c1-19(2)8-3-4-9(11-17-5-6-21-11)10(7-8)18-12(20)13(14,15)16/h3-4,7H,5-6H2,1-2H3,(H,18,20). The number of hydrogen-bond acceptors (Lipinski definition) is 4. The lowest BCUT2D eigenvalue weighted by molar-refractivity contribution is -0.167. The number of carbonyl (C=O) groups excluding carboxylic acids is 1. The number of halogens is 3. The van der Waals surface area contributed by atoms with Gasteiger partial charge < -0.3 is 15.0 Å². The average Bonchev–Trinajstić information content (AvgIpc) is 2.91. The van der Waals surface area contributed by atoms with Crippen molar-refractivity contribution in [2.45, 2.75) is 6.18 Å². The van der Waals surface area contributed by atoms with Crippen LogP contribution < -0.4 is 10.2 Å². The Kier molecular flexibility index (Phi) is 4.06. The van der Waals surface area contributed by atoms with Crippen molar-refractivity contribution in [3.05, 3.63) is 23.8 Å². The van der Waals surface area contributed by atoms with E-state index in [2.05, 4.69) is 4.99 Å². The van der Waals surface area contributed by atoms with E-state index in [1.54, 1.807) is 31.1 Å². The molecule has 0 aromatic heterocycles. The number of hydrogen-bond donors (Lipinski definition) is 1. The van der Waals surface area contributed by atoms with E-state index in [1.165, 1.54) is 6.07 Å². The molecule has 1 amide bonds. The fraction of sp³-hybridized carbons (Fsp3) is 0.385. The van der Waals surface area contributed by atoms with Crippen LogP contribution in [0.15, 0.2) is 23.2 Å². The monoisotopic (exact) mass is 301 g/mol. The summed E-state index contributed by atoms with van der Waals surface area (Å²) in [5, 5.41) is 1.87. The van der Waals surface area contributed by atoms with Crippen LogP contribution in [0.1, 0.15) is 5.56 Å². The zero-order chi connectivity index (χ0) is 15.6. The van der Waals surface area contributed by atoms with Gasteiger partial charge in [0.25, 0.3) is 0 Å².